The lowest BCUT2D eigenvalue weighted by Gasteiger charge is -2.11. The number of hydrogen-bond donors (Lipinski definition) is 1. The van der Waals surface area contributed by atoms with Crippen LogP contribution in [-0.4, -0.2) is 24.7 Å². The van der Waals surface area contributed by atoms with Crippen LogP contribution in [0.15, 0.2) is 42.5 Å². The summed E-state index contributed by atoms with van der Waals surface area (Å²) in [4.78, 5) is 14.9. The standard InChI is InChI=1S/C20H18N2O4/c1-3-25-20(23)17-8-15-9-19(18(24-2)10-16(15)22-17)26-12-14-6-4-13(11-21)5-7-14/h4-10,22H,3,12H2,1-2H3. The number of carbonyl (C=O) groups is 1. The minimum atomic E-state index is -0.400. The molecule has 0 fully saturated rings. The molecular weight excluding hydrogens is 332 g/mol. The van der Waals surface area contributed by atoms with E-state index in [-0.39, 0.29) is 0 Å². The molecule has 2 aromatic carbocycles. The topological polar surface area (TPSA) is 84.3 Å². The van der Waals surface area contributed by atoms with E-state index in [4.69, 9.17) is 19.5 Å². The molecule has 0 saturated heterocycles. The van der Waals surface area contributed by atoms with E-state index in [0.29, 0.717) is 36.0 Å². The zero-order valence-electron chi connectivity index (χ0n) is 14.5. The Morgan fingerprint density at radius 2 is 1.92 bits per heavy atom. The van der Waals surface area contributed by atoms with Crippen LogP contribution in [0.1, 0.15) is 28.5 Å². The van der Waals surface area contributed by atoms with Crippen molar-refractivity contribution in [1.82, 2.24) is 4.98 Å². The van der Waals surface area contributed by atoms with E-state index in [1.807, 2.05) is 18.2 Å². The Kier molecular flexibility index (Phi) is 5.09. The Bertz CT molecular complexity index is 968. The molecule has 0 bridgehead atoms. The second-order valence-electron chi connectivity index (χ2n) is 5.59. The predicted octanol–water partition coefficient (Wildman–Crippen LogP) is 3.80. The minimum absolute atomic E-state index is 0.316. The second kappa shape index (κ2) is 7.62. The fourth-order valence-electron chi connectivity index (χ4n) is 2.57. The largest absolute Gasteiger partial charge is 0.493 e. The number of carbonyl (C=O) groups excluding carboxylic acids is 1. The van der Waals surface area contributed by atoms with E-state index in [1.165, 1.54) is 0 Å². The highest BCUT2D eigenvalue weighted by Gasteiger charge is 2.14. The summed E-state index contributed by atoms with van der Waals surface area (Å²) in [6.07, 6.45) is 0. The van der Waals surface area contributed by atoms with Crippen LogP contribution < -0.4 is 9.47 Å². The van der Waals surface area contributed by atoms with E-state index in [9.17, 15) is 4.79 Å². The summed E-state index contributed by atoms with van der Waals surface area (Å²) in [5.41, 5.74) is 2.68. The molecule has 3 rings (SSSR count). The normalized spacial score (nSPS) is 10.3. The zero-order chi connectivity index (χ0) is 18.5. The Balaban J connectivity index is 1.84. The number of nitrogens with zero attached hydrogens (tertiary/aromatic N) is 1. The van der Waals surface area contributed by atoms with Gasteiger partial charge in [0, 0.05) is 11.5 Å². The van der Waals surface area contributed by atoms with Gasteiger partial charge in [-0.1, -0.05) is 12.1 Å². The first-order chi connectivity index (χ1) is 12.6. The molecule has 6 heteroatoms. The van der Waals surface area contributed by atoms with E-state index in [1.54, 1.807) is 38.3 Å². The van der Waals surface area contributed by atoms with Gasteiger partial charge in [0.05, 0.1) is 30.9 Å². The third kappa shape index (κ3) is 3.62. The number of methoxy groups -OCH3 is 1. The molecule has 0 atom stereocenters. The summed E-state index contributed by atoms with van der Waals surface area (Å²) in [5.74, 6) is 0.727. The summed E-state index contributed by atoms with van der Waals surface area (Å²) >= 11 is 0. The number of H-pyrrole nitrogens is 1. The first-order valence-electron chi connectivity index (χ1n) is 8.14. The van der Waals surface area contributed by atoms with Gasteiger partial charge in [-0.25, -0.2) is 4.79 Å². The molecule has 0 saturated carbocycles. The summed E-state index contributed by atoms with van der Waals surface area (Å²) in [6.45, 7) is 2.41. The average Bonchev–Trinajstić information content (AvgIpc) is 3.09. The quantitative estimate of drug-likeness (QED) is 0.684. The zero-order valence-corrected chi connectivity index (χ0v) is 14.5. The molecule has 0 aliphatic heterocycles. The number of fused-ring (bicyclic) bond motifs is 1. The molecule has 3 aromatic rings. The van der Waals surface area contributed by atoms with Gasteiger partial charge in [-0.15, -0.1) is 0 Å². The van der Waals surface area contributed by atoms with Crippen LogP contribution in [0, 0.1) is 11.3 Å². The smallest absolute Gasteiger partial charge is 0.354 e. The lowest BCUT2D eigenvalue weighted by atomic mass is 10.1. The number of aromatic amines is 1. The maximum absolute atomic E-state index is 11.9. The van der Waals surface area contributed by atoms with Crippen molar-refractivity contribution >= 4 is 16.9 Å². The lowest BCUT2D eigenvalue weighted by Crippen LogP contribution is -2.04. The maximum atomic E-state index is 11.9. The number of rotatable bonds is 6. The molecule has 0 spiro atoms. The van der Waals surface area contributed by atoms with Crippen molar-refractivity contribution in [3.8, 4) is 17.6 Å². The minimum Gasteiger partial charge on any atom is -0.493 e. The Morgan fingerprint density at radius 1 is 1.15 bits per heavy atom. The number of ether oxygens (including phenoxy) is 3. The number of nitriles is 1. The molecule has 0 radical (unpaired) electrons. The first-order valence-corrected chi connectivity index (χ1v) is 8.14. The van der Waals surface area contributed by atoms with Gasteiger partial charge in [-0.3, -0.25) is 0 Å². The maximum Gasteiger partial charge on any atom is 0.354 e. The van der Waals surface area contributed by atoms with Crippen molar-refractivity contribution in [2.24, 2.45) is 0 Å². The van der Waals surface area contributed by atoms with Crippen molar-refractivity contribution in [2.75, 3.05) is 13.7 Å². The van der Waals surface area contributed by atoms with Crippen LogP contribution in [0.4, 0.5) is 0 Å². The fraction of sp³-hybridized carbons (Fsp3) is 0.200. The Labute approximate surface area is 150 Å². The van der Waals surface area contributed by atoms with Gasteiger partial charge in [0.1, 0.15) is 12.3 Å². The number of esters is 1. The van der Waals surface area contributed by atoms with E-state index in [2.05, 4.69) is 11.1 Å². The summed E-state index contributed by atoms with van der Waals surface area (Å²) in [7, 11) is 1.56. The van der Waals surface area contributed by atoms with Crippen LogP contribution >= 0.6 is 0 Å². The van der Waals surface area contributed by atoms with Gasteiger partial charge < -0.3 is 19.2 Å². The average molecular weight is 350 g/mol. The fourth-order valence-corrected chi connectivity index (χ4v) is 2.57. The SMILES string of the molecule is CCOC(=O)c1cc2cc(OCc3ccc(C#N)cc3)c(OC)cc2[nH]1. The van der Waals surface area contributed by atoms with Crippen molar-refractivity contribution in [2.45, 2.75) is 13.5 Å². The molecule has 1 N–H and O–H groups in total. The molecular formula is C20H18N2O4. The van der Waals surface area contributed by atoms with Gasteiger partial charge in [0.15, 0.2) is 11.5 Å². The van der Waals surface area contributed by atoms with Crippen molar-refractivity contribution < 1.29 is 19.0 Å². The number of benzene rings is 2. The summed E-state index contributed by atoms with van der Waals surface area (Å²) in [6, 6.07) is 14.6. The van der Waals surface area contributed by atoms with Gasteiger partial charge in [0.25, 0.3) is 0 Å². The molecule has 1 heterocycles. The molecule has 6 nitrogen and oxygen atoms in total. The Hall–Kier alpha value is -3.46. The van der Waals surface area contributed by atoms with E-state index in [0.717, 1.165) is 16.5 Å². The molecule has 132 valence electrons. The molecule has 0 aliphatic carbocycles. The molecule has 0 unspecified atom stereocenters. The van der Waals surface area contributed by atoms with Gasteiger partial charge in [-0.2, -0.15) is 5.26 Å². The van der Waals surface area contributed by atoms with Crippen LogP contribution in [-0.2, 0) is 11.3 Å². The summed E-state index contributed by atoms with van der Waals surface area (Å²) in [5, 5.41) is 9.67. The van der Waals surface area contributed by atoms with Crippen molar-refractivity contribution in [3.05, 3.63) is 59.3 Å². The van der Waals surface area contributed by atoms with Crippen LogP contribution in [0.5, 0.6) is 11.5 Å². The van der Waals surface area contributed by atoms with Gasteiger partial charge in [0.2, 0.25) is 0 Å². The number of nitrogens with one attached hydrogen (secondary N) is 1. The lowest BCUT2D eigenvalue weighted by molar-refractivity contribution is 0.0520. The van der Waals surface area contributed by atoms with Crippen LogP contribution in [0.2, 0.25) is 0 Å². The van der Waals surface area contributed by atoms with Crippen LogP contribution in [0.3, 0.4) is 0 Å². The molecule has 0 aliphatic rings. The van der Waals surface area contributed by atoms with Crippen LogP contribution in [0.25, 0.3) is 10.9 Å². The Morgan fingerprint density at radius 3 is 2.58 bits per heavy atom. The predicted molar refractivity (Wildman–Crippen MR) is 96.3 cm³/mol. The van der Waals surface area contributed by atoms with Crippen molar-refractivity contribution in [1.29, 1.82) is 5.26 Å². The third-order valence-corrected chi connectivity index (χ3v) is 3.88. The molecule has 0 amide bonds. The van der Waals surface area contributed by atoms with E-state index < -0.39 is 5.97 Å². The van der Waals surface area contributed by atoms with E-state index >= 15 is 0 Å². The third-order valence-electron chi connectivity index (χ3n) is 3.88. The first kappa shape index (κ1) is 17.4. The second-order valence-corrected chi connectivity index (χ2v) is 5.59. The summed E-state index contributed by atoms with van der Waals surface area (Å²) < 4.78 is 16.3. The molecule has 26 heavy (non-hydrogen) atoms. The van der Waals surface area contributed by atoms with Crippen molar-refractivity contribution in [3.63, 3.8) is 0 Å². The highest BCUT2D eigenvalue weighted by atomic mass is 16.5. The highest BCUT2D eigenvalue weighted by Crippen LogP contribution is 2.33. The molecule has 1 aromatic heterocycles. The van der Waals surface area contributed by atoms with Gasteiger partial charge in [-0.05, 0) is 36.8 Å². The number of hydrogen-bond acceptors (Lipinski definition) is 5. The monoisotopic (exact) mass is 350 g/mol. The highest BCUT2D eigenvalue weighted by molar-refractivity contribution is 5.95. The number of aromatic nitrogens is 1. The van der Waals surface area contributed by atoms with Gasteiger partial charge >= 0.3 is 5.97 Å².